The SMILES string of the molecule is CCCOC(F)(F)/C(F)=C(\F)C(F)F. The highest BCUT2D eigenvalue weighted by atomic mass is 19.3. The van der Waals surface area contributed by atoms with Crippen molar-refractivity contribution < 1.29 is 31.1 Å². The second-order valence-corrected chi connectivity index (χ2v) is 2.33. The van der Waals surface area contributed by atoms with Crippen LogP contribution in [0.15, 0.2) is 11.7 Å². The zero-order valence-electron chi connectivity index (χ0n) is 7.17. The molecule has 0 atom stereocenters. The van der Waals surface area contributed by atoms with Gasteiger partial charge in [-0.15, -0.1) is 0 Å². The Labute approximate surface area is 76.3 Å². The van der Waals surface area contributed by atoms with Crippen LogP contribution in [0.5, 0.6) is 0 Å². The third-order valence-electron chi connectivity index (χ3n) is 1.14. The summed E-state index contributed by atoms with van der Waals surface area (Å²) >= 11 is 0. The molecule has 1 nitrogen and oxygen atoms in total. The predicted octanol–water partition coefficient (Wildman–Crippen LogP) is 3.42. The van der Waals surface area contributed by atoms with E-state index in [0.717, 1.165) is 0 Å². The van der Waals surface area contributed by atoms with Crippen LogP contribution in [0.1, 0.15) is 13.3 Å². The van der Waals surface area contributed by atoms with Crippen molar-refractivity contribution in [1.82, 2.24) is 0 Å². The lowest BCUT2D eigenvalue weighted by Crippen LogP contribution is -2.24. The summed E-state index contributed by atoms with van der Waals surface area (Å²) in [6.07, 6.45) is -8.42. The Hall–Kier alpha value is -0.720. The largest absolute Gasteiger partial charge is 0.412 e. The van der Waals surface area contributed by atoms with Gasteiger partial charge in [0.05, 0.1) is 6.61 Å². The molecule has 0 aromatic rings. The summed E-state index contributed by atoms with van der Waals surface area (Å²) in [5, 5.41) is 0. The predicted molar refractivity (Wildman–Crippen MR) is 36.4 cm³/mol. The Bertz CT molecular complexity index is 212. The van der Waals surface area contributed by atoms with Crippen molar-refractivity contribution in [3.8, 4) is 0 Å². The number of hydrogen-bond acceptors (Lipinski definition) is 1. The van der Waals surface area contributed by atoms with Gasteiger partial charge in [0.2, 0.25) is 11.7 Å². The van der Waals surface area contributed by atoms with Gasteiger partial charge in [-0.2, -0.15) is 13.2 Å². The van der Waals surface area contributed by atoms with Crippen LogP contribution in [0.4, 0.5) is 26.3 Å². The van der Waals surface area contributed by atoms with Crippen LogP contribution in [-0.2, 0) is 4.74 Å². The summed E-state index contributed by atoms with van der Waals surface area (Å²) in [7, 11) is 0. The van der Waals surface area contributed by atoms with E-state index in [-0.39, 0.29) is 6.42 Å². The Morgan fingerprint density at radius 2 is 1.79 bits per heavy atom. The second-order valence-electron chi connectivity index (χ2n) is 2.33. The van der Waals surface area contributed by atoms with Crippen molar-refractivity contribution in [2.24, 2.45) is 0 Å². The molecule has 0 saturated carbocycles. The molecule has 0 bridgehead atoms. The Balaban J connectivity index is 4.63. The number of allylic oxidation sites excluding steroid dienone is 1. The maximum atomic E-state index is 12.4. The second kappa shape index (κ2) is 5.23. The molecule has 0 N–H and O–H groups in total. The fourth-order valence-corrected chi connectivity index (χ4v) is 0.528. The number of rotatable bonds is 5. The highest BCUT2D eigenvalue weighted by molar-refractivity contribution is 5.07. The summed E-state index contributed by atoms with van der Waals surface area (Å²) in [5.74, 6) is -5.67. The molecule has 0 amide bonds. The van der Waals surface area contributed by atoms with Gasteiger partial charge in [0, 0.05) is 0 Å². The van der Waals surface area contributed by atoms with Crippen molar-refractivity contribution in [2.75, 3.05) is 6.61 Å². The Morgan fingerprint density at radius 3 is 2.14 bits per heavy atom. The highest BCUT2D eigenvalue weighted by Crippen LogP contribution is 2.32. The standard InChI is InChI=1S/C7H8F6O/c1-2-3-14-7(12,13)5(9)4(8)6(10)11/h6H,2-3H2,1H3/b5-4+. The lowest BCUT2D eigenvalue weighted by Gasteiger charge is -2.14. The molecule has 0 aliphatic carbocycles. The van der Waals surface area contributed by atoms with Crippen LogP contribution < -0.4 is 0 Å². The van der Waals surface area contributed by atoms with Crippen LogP contribution in [0.3, 0.4) is 0 Å². The molecule has 0 fully saturated rings. The van der Waals surface area contributed by atoms with Gasteiger partial charge in [-0.25, -0.2) is 13.2 Å². The van der Waals surface area contributed by atoms with Crippen LogP contribution >= 0.6 is 0 Å². The number of alkyl halides is 4. The minimum Gasteiger partial charge on any atom is -0.315 e. The average molecular weight is 222 g/mol. The Morgan fingerprint density at radius 1 is 1.29 bits per heavy atom. The van der Waals surface area contributed by atoms with E-state index in [2.05, 4.69) is 4.74 Å². The van der Waals surface area contributed by atoms with Gasteiger partial charge in [-0.1, -0.05) is 6.92 Å². The van der Waals surface area contributed by atoms with E-state index in [0.29, 0.717) is 0 Å². The fraction of sp³-hybridized carbons (Fsp3) is 0.714. The topological polar surface area (TPSA) is 9.23 Å². The first kappa shape index (κ1) is 13.3. The van der Waals surface area contributed by atoms with Crippen molar-refractivity contribution >= 4 is 0 Å². The van der Waals surface area contributed by atoms with E-state index in [1.807, 2.05) is 0 Å². The smallest absolute Gasteiger partial charge is 0.315 e. The normalized spacial score (nSPS) is 14.6. The van der Waals surface area contributed by atoms with Crippen LogP contribution in [0.25, 0.3) is 0 Å². The number of ether oxygens (including phenoxy) is 1. The molecular weight excluding hydrogens is 214 g/mol. The summed E-state index contributed by atoms with van der Waals surface area (Å²) in [5.41, 5.74) is 0. The average Bonchev–Trinajstić information content (AvgIpc) is 2.12. The summed E-state index contributed by atoms with van der Waals surface area (Å²) in [4.78, 5) is 0. The molecule has 0 spiro atoms. The molecular formula is C7H8F6O. The zero-order chi connectivity index (χ0) is 11.4. The van der Waals surface area contributed by atoms with E-state index >= 15 is 0 Å². The molecule has 0 aliphatic heterocycles. The summed E-state index contributed by atoms with van der Waals surface area (Å²) in [6, 6.07) is 0. The van der Waals surface area contributed by atoms with Gasteiger partial charge in [-0.05, 0) is 6.42 Å². The molecule has 0 radical (unpaired) electrons. The lowest BCUT2D eigenvalue weighted by molar-refractivity contribution is -0.222. The first-order chi connectivity index (χ1) is 6.33. The Kier molecular flexibility index (Phi) is 4.96. The van der Waals surface area contributed by atoms with Crippen LogP contribution in [0.2, 0.25) is 0 Å². The molecule has 0 heterocycles. The highest BCUT2D eigenvalue weighted by Gasteiger charge is 2.41. The van der Waals surface area contributed by atoms with Gasteiger partial charge in [-0.3, -0.25) is 0 Å². The zero-order valence-corrected chi connectivity index (χ0v) is 7.17. The van der Waals surface area contributed by atoms with Crippen molar-refractivity contribution in [1.29, 1.82) is 0 Å². The molecule has 0 aromatic heterocycles. The first-order valence-electron chi connectivity index (χ1n) is 3.68. The molecule has 0 saturated heterocycles. The van der Waals surface area contributed by atoms with Gasteiger partial charge < -0.3 is 4.74 Å². The van der Waals surface area contributed by atoms with E-state index < -0.39 is 30.8 Å². The first-order valence-corrected chi connectivity index (χ1v) is 3.68. The molecule has 0 aliphatic rings. The molecule has 84 valence electrons. The minimum atomic E-state index is -4.63. The molecule has 7 heteroatoms. The van der Waals surface area contributed by atoms with Gasteiger partial charge in [0.1, 0.15) is 0 Å². The van der Waals surface area contributed by atoms with E-state index in [4.69, 9.17) is 0 Å². The number of halogens is 6. The molecule has 14 heavy (non-hydrogen) atoms. The lowest BCUT2D eigenvalue weighted by atomic mass is 10.4. The third-order valence-corrected chi connectivity index (χ3v) is 1.14. The van der Waals surface area contributed by atoms with Crippen molar-refractivity contribution in [3.63, 3.8) is 0 Å². The van der Waals surface area contributed by atoms with Crippen molar-refractivity contribution in [2.45, 2.75) is 25.9 Å². The monoisotopic (exact) mass is 222 g/mol. The van der Waals surface area contributed by atoms with E-state index in [9.17, 15) is 26.3 Å². The van der Waals surface area contributed by atoms with Gasteiger partial charge in [0.15, 0.2) is 0 Å². The quantitative estimate of drug-likeness (QED) is 0.647. The van der Waals surface area contributed by atoms with Gasteiger partial charge in [0.25, 0.3) is 6.43 Å². The molecule has 0 aromatic carbocycles. The van der Waals surface area contributed by atoms with E-state index in [1.165, 1.54) is 6.92 Å². The maximum Gasteiger partial charge on any atom is 0.412 e. The van der Waals surface area contributed by atoms with Crippen molar-refractivity contribution in [3.05, 3.63) is 11.7 Å². The summed E-state index contributed by atoms with van der Waals surface area (Å²) in [6.45, 7) is 0.887. The van der Waals surface area contributed by atoms with Crippen LogP contribution in [-0.4, -0.2) is 19.1 Å². The van der Waals surface area contributed by atoms with Gasteiger partial charge >= 0.3 is 6.11 Å². The number of hydrogen-bond donors (Lipinski definition) is 0. The summed E-state index contributed by atoms with van der Waals surface area (Å²) < 4.78 is 75.6. The molecule has 0 unspecified atom stereocenters. The minimum absolute atomic E-state index is 0.124. The maximum absolute atomic E-state index is 12.4. The third kappa shape index (κ3) is 3.57. The van der Waals surface area contributed by atoms with E-state index in [1.54, 1.807) is 0 Å². The van der Waals surface area contributed by atoms with Crippen LogP contribution in [0, 0.1) is 0 Å². The molecule has 0 rings (SSSR count). The fourth-order valence-electron chi connectivity index (χ4n) is 0.528.